The van der Waals surface area contributed by atoms with E-state index in [0.717, 1.165) is 0 Å². The molecule has 0 aliphatic carbocycles. The Hall–Kier alpha value is -0.800. The van der Waals surface area contributed by atoms with Gasteiger partial charge < -0.3 is 4.90 Å². The minimum absolute atomic E-state index is 0.0643. The number of nitrogens with zero attached hydrogens (tertiary/aromatic N) is 1. The summed E-state index contributed by atoms with van der Waals surface area (Å²) in [6, 6.07) is 4.21. The summed E-state index contributed by atoms with van der Waals surface area (Å²) >= 11 is 11.4. The van der Waals surface area contributed by atoms with Crippen molar-refractivity contribution in [3.63, 3.8) is 0 Å². The topological polar surface area (TPSA) is 20.3 Å². The van der Waals surface area contributed by atoms with E-state index < -0.39 is 5.82 Å². The van der Waals surface area contributed by atoms with E-state index in [9.17, 15) is 9.18 Å². The average Bonchev–Trinajstić information content (AvgIpc) is 2.30. The van der Waals surface area contributed by atoms with Crippen molar-refractivity contribution in [2.24, 2.45) is 0 Å². The Morgan fingerprint density at radius 3 is 2.71 bits per heavy atom. The van der Waals surface area contributed by atoms with Gasteiger partial charge in [0.25, 0.3) is 5.91 Å². The molecule has 1 rings (SSSR count). The Bertz CT molecular complexity index is 378. The zero-order chi connectivity index (χ0) is 12.8. The smallest absolute Gasteiger partial charge is 0.258 e. The molecule has 0 unspecified atom stereocenters. The van der Waals surface area contributed by atoms with Crippen LogP contribution in [0.5, 0.6) is 0 Å². The molecule has 0 spiro atoms. The minimum Gasteiger partial charge on any atom is -0.339 e. The molecule has 0 atom stereocenters. The molecule has 0 N–H and O–H groups in total. The standard InChI is InChI=1S/C12H14Cl2FNO/c1-2-16(8-4-7-13)12(17)11-9(14)5-3-6-10(11)15/h3,5-6H,2,4,7-8H2,1H3. The van der Waals surface area contributed by atoms with Crippen molar-refractivity contribution in [2.75, 3.05) is 19.0 Å². The monoisotopic (exact) mass is 277 g/mol. The van der Waals surface area contributed by atoms with E-state index in [0.29, 0.717) is 25.4 Å². The first-order chi connectivity index (χ1) is 8.11. The van der Waals surface area contributed by atoms with Gasteiger partial charge in [-0.15, -0.1) is 11.6 Å². The van der Waals surface area contributed by atoms with Crippen LogP contribution in [-0.4, -0.2) is 29.8 Å². The van der Waals surface area contributed by atoms with Crippen molar-refractivity contribution in [3.05, 3.63) is 34.6 Å². The largest absolute Gasteiger partial charge is 0.339 e. The number of carbonyl (C=O) groups excluding carboxylic acids is 1. The molecule has 17 heavy (non-hydrogen) atoms. The second-order valence-electron chi connectivity index (χ2n) is 3.52. The number of rotatable bonds is 5. The minimum atomic E-state index is -0.591. The summed E-state index contributed by atoms with van der Waals surface area (Å²) in [6.07, 6.45) is 0.674. The highest BCUT2D eigenvalue weighted by Gasteiger charge is 2.20. The Morgan fingerprint density at radius 1 is 1.47 bits per heavy atom. The molecule has 0 aliphatic rings. The van der Waals surface area contributed by atoms with E-state index in [4.69, 9.17) is 23.2 Å². The van der Waals surface area contributed by atoms with Crippen LogP contribution in [0.3, 0.4) is 0 Å². The molecule has 1 aromatic rings. The number of benzene rings is 1. The third-order valence-electron chi connectivity index (χ3n) is 2.41. The maximum absolute atomic E-state index is 13.6. The third-order valence-corrected chi connectivity index (χ3v) is 2.99. The second-order valence-corrected chi connectivity index (χ2v) is 4.31. The van der Waals surface area contributed by atoms with E-state index in [1.807, 2.05) is 6.92 Å². The molecule has 94 valence electrons. The quantitative estimate of drug-likeness (QED) is 0.754. The molecule has 0 heterocycles. The molecule has 0 bridgehead atoms. The van der Waals surface area contributed by atoms with Gasteiger partial charge in [-0.2, -0.15) is 0 Å². The summed E-state index contributed by atoms with van der Waals surface area (Å²) < 4.78 is 13.6. The number of alkyl halides is 1. The normalized spacial score (nSPS) is 10.4. The number of hydrogen-bond donors (Lipinski definition) is 0. The Morgan fingerprint density at radius 2 is 2.18 bits per heavy atom. The summed E-state index contributed by atoms with van der Waals surface area (Å²) in [5, 5.41) is 0.138. The van der Waals surface area contributed by atoms with Crippen LogP contribution in [-0.2, 0) is 0 Å². The first-order valence-corrected chi connectivity index (χ1v) is 6.32. The predicted octanol–water partition coefficient (Wildman–Crippen LogP) is 3.57. The van der Waals surface area contributed by atoms with Gasteiger partial charge in [-0.1, -0.05) is 17.7 Å². The van der Waals surface area contributed by atoms with Gasteiger partial charge in [0.05, 0.1) is 10.6 Å². The lowest BCUT2D eigenvalue weighted by Crippen LogP contribution is -2.32. The van der Waals surface area contributed by atoms with Crippen LogP contribution in [0.1, 0.15) is 23.7 Å². The van der Waals surface area contributed by atoms with E-state index in [1.54, 1.807) is 0 Å². The van der Waals surface area contributed by atoms with Crippen LogP contribution < -0.4 is 0 Å². The molecule has 0 aromatic heterocycles. The van der Waals surface area contributed by atoms with Gasteiger partial charge in [0, 0.05) is 19.0 Å². The summed E-state index contributed by atoms with van der Waals surface area (Å²) in [7, 11) is 0. The lowest BCUT2D eigenvalue weighted by Gasteiger charge is -2.21. The summed E-state index contributed by atoms with van der Waals surface area (Å²) in [4.78, 5) is 13.6. The van der Waals surface area contributed by atoms with Crippen molar-refractivity contribution >= 4 is 29.1 Å². The van der Waals surface area contributed by atoms with Gasteiger partial charge in [0.2, 0.25) is 0 Å². The Labute approximate surface area is 110 Å². The summed E-state index contributed by atoms with van der Waals surface area (Å²) in [6.45, 7) is 2.84. The number of carbonyl (C=O) groups is 1. The van der Waals surface area contributed by atoms with Crippen molar-refractivity contribution < 1.29 is 9.18 Å². The molecular weight excluding hydrogens is 264 g/mol. The van der Waals surface area contributed by atoms with Gasteiger partial charge in [-0.25, -0.2) is 4.39 Å². The Balaban J connectivity index is 2.93. The Kier molecular flexibility index (Phi) is 5.72. The molecule has 0 saturated carbocycles. The van der Waals surface area contributed by atoms with Crippen LogP contribution in [0.4, 0.5) is 4.39 Å². The van der Waals surface area contributed by atoms with Crippen LogP contribution in [0, 0.1) is 5.82 Å². The van der Waals surface area contributed by atoms with Gasteiger partial charge in [-0.05, 0) is 25.5 Å². The average molecular weight is 278 g/mol. The number of amides is 1. The summed E-state index contributed by atoms with van der Waals surface area (Å²) in [5.74, 6) is -0.512. The SMILES string of the molecule is CCN(CCCCl)C(=O)c1c(F)cccc1Cl. The molecule has 0 saturated heterocycles. The van der Waals surface area contributed by atoms with Gasteiger partial charge in [-0.3, -0.25) is 4.79 Å². The molecule has 1 amide bonds. The van der Waals surface area contributed by atoms with Crippen LogP contribution in [0.25, 0.3) is 0 Å². The first kappa shape index (κ1) is 14.3. The maximum atomic E-state index is 13.6. The first-order valence-electron chi connectivity index (χ1n) is 5.41. The van der Waals surface area contributed by atoms with Crippen molar-refractivity contribution in [3.8, 4) is 0 Å². The van der Waals surface area contributed by atoms with Crippen molar-refractivity contribution in [1.29, 1.82) is 0 Å². The predicted molar refractivity (Wildman–Crippen MR) is 68.3 cm³/mol. The molecule has 5 heteroatoms. The highest BCUT2D eigenvalue weighted by molar-refractivity contribution is 6.33. The molecule has 1 aromatic carbocycles. The van der Waals surface area contributed by atoms with Crippen LogP contribution in [0.2, 0.25) is 5.02 Å². The van der Waals surface area contributed by atoms with Gasteiger partial charge in [0.15, 0.2) is 0 Å². The molecule has 2 nitrogen and oxygen atoms in total. The van der Waals surface area contributed by atoms with E-state index in [1.165, 1.54) is 23.1 Å². The zero-order valence-corrected chi connectivity index (χ0v) is 11.1. The molecule has 0 aliphatic heterocycles. The fraction of sp³-hybridized carbons (Fsp3) is 0.417. The maximum Gasteiger partial charge on any atom is 0.258 e. The van der Waals surface area contributed by atoms with Crippen LogP contribution >= 0.6 is 23.2 Å². The molecule has 0 radical (unpaired) electrons. The van der Waals surface area contributed by atoms with Crippen LogP contribution in [0.15, 0.2) is 18.2 Å². The van der Waals surface area contributed by atoms with E-state index >= 15 is 0 Å². The lowest BCUT2D eigenvalue weighted by molar-refractivity contribution is 0.0760. The highest BCUT2D eigenvalue weighted by Crippen LogP contribution is 2.20. The molecule has 0 fully saturated rings. The van der Waals surface area contributed by atoms with Gasteiger partial charge >= 0.3 is 0 Å². The zero-order valence-electron chi connectivity index (χ0n) is 9.55. The number of hydrogen-bond acceptors (Lipinski definition) is 1. The van der Waals surface area contributed by atoms with Crippen molar-refractivity contribution in [2.45, 2.75) is 13.3 Å². The fourth-order valence-corrected chi connectivity index (χ4v) is 1.88. The lowest BCUT2D eigenvalue weighted by atomic mass is 10.1. The highest BCUT2D eigenvalue weighted by atomic mass is 35.5. The summed E-state index contributed by atoms with van der Waals surface area (Å²) in [5.41, 5.74) is -0.0643. The second kappa shape index (κ2) is 6.82. The van der Waals surface area contributed by atoms with E-state index in [-0.39, 0.29) is 16.5 Å². The van der Waals surface area contributed by atoms with Gasteiger partial charge in [0.1, 0.15) is 5.82 Å². The molecular formula is C12H14Cl2FNO. The van der Waals surface area contributed by atoms with E-state index in [2.05, 4.69) is 0 Å². The third kappa shape index (κ3) is 3.58. The fourth-order valence-electron chi connectivity index (χ4n) is 1.51. The van der Waals surface area contributed by atoms with Crippen molar-refractivity contribution in [1.82, 2.24) is 4.90 Å². The number of halogens is 3.